The van der Waals surface area contributed by atoms with Crippen molar-refractivity contribution in [3.05, 3.63) is 85.0 Å². The van der Waals surface area contributed by atoms with Crippen molar-refractivity contribution in [3.8, 4) is 0 Å². The molecule has 2 heterocycles. The van der Waals surface area contributed by atoms with Crippen LogP contribution in [0.25, 0.3) is 16.5 Å². The molecule has 0 bridgehead atoms. The summed E-state index contributed by atoms with van der Waals surface area (Å²) >= 11 is 6.11. The Morgan fingerprint density at radius 2 is 1.77 bits per heavy atom. The van der Waals surface area contributed by atoms with Crippen LogP contribution in [-0.2, 0) is 0 Å². The highest BCUT2D eigenvalue weighted by molar-refractivity contribution is 6.31. The van der Waals surface area contributed by atoms with Crippen molar-refractivity contribution in [2.45, 2.75) is 6.42 Å². The van der Waals surface area contributed by atoms with Crippen LogP contribution in [0.15, 0.2) is 48.7 Å². The van der Waals surface area contributed by atoms with E-state index in [0.717, 1.165) is 40.2 Å². The molecule has 152 valence electrons. The zero-order chi connectivity index (χ0) is 21.4. The van der Waals surface area contributed by atoms with Crippen molar-refractivity contribution in [3.63, 3.8) is 0 Å². The summed E-state index contributed by atoms with van der Waals surface area (Å²) in [5, 5.41) is 23.8. The molecular weight excluding hydrogens is 412 g/mol. The largest absolute Gasteiger partial charge is 0.361 e. The normalized spacial score (nSPS) is 13.9. The smallest absolute Gasteiger partial charge is 0.277 e. The third kappa shape index (κ3) is 3.62. The highest BCUT2D eigenvalue weighted by atomic mass is 35.5. The van der Waals surface area contributed by atoms with Crippen molar-refractivity contribution in [2.75, 3.05) is 13.1 Å². The Kier molecular flexibility index (Phi) is 4.96. The third-order valence-electron chi connectivity index (χ3n) is 5.06. The highest BCUT2D eigenvalue weighted by Crippen LogP contribution is 2.31. The van der Waals surface area contributed by atoms with Gasteiger partial charge in [-0.1, -0.05) is 17.7 Å². The first-order valence-electron chi connectivity index (χ1n) is 9.02. The van der Waals surface area contributed by atoms with Crippen LogP contribution >= 0.6 is 11.6 Å². The van der Waals surface area contributed by atoms with Crippen LogP contribution in [0.4, 0.5) is 11.4 Å². The lowest BCUT2D eigenvalue weighted by atomic mass is 9.98. The number of nitro benzene ring substituents is 2. The number of aromatic amines is 1. The molecule has 9 nitrogen and oxygen atoms in total. The minimum atomic E-state index is -0.750. The van der Waals surface area contributed by atoms with Gasteiger partial charge in [-0.15, -0.1) is 0 Å². The molecule has 1 amide bonds. The predicted molar refractivity (Wildman–Crippen MR) is 112 cm³/mol. The minimum Gasteiger partial charge on any atom is -0.361 e. The molecule has 1 aromatic heterocycles. The summed E-state index contributed by atoms with van der Waals surface area (Å²) in [4.78, 5) is 38.2. The van der Waals surface area contributed by atoms with Gasteiger partial charge in [0.2, 0.25) is 0 Å². The quantitative estimate of drug-likeness (QED) is 0.483. The molecule has 2 aromatic carbocycles. The average molecular weight is 427 g/mol. The third-order valence-corrected chi connectivity index (χ3v) is 5.29. The number of benzene rings is 2. The van der Waals surface area contributed by atoms with E-state index in [1.807, 2.05) is 24.4 Å². The van der Waals surface area contributed by atoms with Crippen LogP contribution in [-0.4, -0.2) is 38.7 Å². The number of H-pyrrole nitrogens is 1. The number of amides is 1. The number of halogens is 1. The SMILES string of the molecule is O=C(c1cc([N+](=O)[O-])cc([N+](=O)[O-])c1)N1CC=C(c2c[nH]c3ccc(Cl)cc23)CC1. The molecular formula is C20H15ClN4O5. The Morgan fingerprint density at radius 3 is 2.37 bits per heavy atom. The molecule has 1 aliphatic heterocycles. The van der Waals surface area contributed by atoms with Crippen molar-refractivity contribution in [1.29, 1.82) is 0 Å². The van der Waals surface area contributed by atoms with Crippen molar-refractivity contribution < 1.29 is 14.6 Å². The summed E-state index contributed by atoms with van der Waals surface area (Å²) in [5.74, 6) is -0.487. The van der Waals surface area contributed by atoms with Gasteiger partial charge in [0.15, 0.2) is 0 Å². The number of carbonyl (C=O) groups excluding carboxylic acids is 1. The zero-order valence-electron chi connectivity index (χ0n) is 15.5. The maximum atomic E-state index is 12.8. The Hall–Kier alpha value is -3.72. The first kappa shape index (κ1) is 19.6. The molecule has 0 radical (unpaired) electrons. The monoisotopic (exact) mass is 426 g/mol. The molecule has 0 spiro atoms. The second-order valence-corrected chi connectivity index (χ2v) is 7.31. The van der Waals surface area contributed by atoms with E-state index < -0.39 is 27.1 Å². The fraction of sp³-hybridized carbons (Fsp3) is 0.150. The molecule has 4 rings (SSSR count). The molecule has 0 saturated heterocycles. The number of hydrogen-bond donors (Lipinski definition) is 1. The summed E-state index contributed by atoms with van der Waals surface area (Å²) in [5.41, 5.74) is 1.96. The predicted octanol–water partition coefficient (Wildman–Crippen LogP) is 4.57. The van der Waals surface area contributed by atoms with Crippen molar-refractivity contribution >= 4 is 45.4 Å². The van der Waals surface area contributed by atoms with Crippen molar-refractivity contribution in [1.82, 2.24) is 9.88 Å². The summed E-state index contributed by atoms with van der Waals surface area (Å²) in [6.07, 6.45) is 4.38. The molecule has 30 heavy (non-hydrogen) atoms. The number of hydrogen-bond acceptors (Lipinski definition) is 5. The van der Waals surface area contributed by atoms with E-state index in [4.69, 9.17) is 11.6 Å². The molecule has 0 atom stereocenters. The van der Waals surface area contributed by atoms with Gasteiger partial charge in [0, 0.05) is 52.9 Å². The number of fused-ring (bicyclic) bond motifs is 1. The van der Waals surface area contributed by atoms with Gasteiger partial charge in [-0.2, -0.15) is 0 Å². The summed E-state index contributed by atoms with van der Waals surface area (Å²) in [7, 11) is 0. The van der Waals surface area contributed by atoms with Gasteiger partial charge in [0.1, 0.15) is 0 Å². The van der Waals surface area contributed by atoms with Gasteiger partial charge in [-0.3, -0.25) is 25.0 Å². The number of rotatable bonds is 4. The summed E-state index contributed by atoms with van der Waals surface area (Å²) in [6.45, 7) is 0.673. The fourth-order valence-electron chi connectivity index (χ4n) is 3.57. The zero-order valence-corrected chi connectivity index (χ0v) is 16.3. The molecule has 0 saturated carbocycles. The van der Waals surface area contributed by atoms with E-state index in [9.17, 15) is 25.0 Å². The molecule has 0 fully saturated rings. The number of aromatic nitrogens is 1. The average Bonchev–Trinajstić information content (AvgIpc) is 3.16. The standard InChI is InChI=1S/C20H15ClN4O5/c21-14-1-2-19-17(9-14)18(11-22-19)12-3-5-23(6-4-12)20(26)13-7-15(24(27)28)10-16(8-13)25(29)30/h1-3,7-11,22H,4-6H2. The minimum absolute atomic E-state index is 0.0772. The Bertz CT molecular complexity index is 1200. The fourth-order valence-corrected chi connectivity index (χ4v) is 3.74. The molecule has 10 heteroatoms. The van der Waals surface area contributed by atoms with Gasteiger partial charge < -0.3 is 9.88 Å². The van der Waals surface area contributed by atoms with Crippen molar-refractivity contribution in [2.24, 2.45) is 0 Å². The number of nitro groups is 2. The second kappa shape index (κ2) is 7.60. The maximum absolute atomic E-state index is 12.8. The van der Waals surface area contributed by atoms with E-state index in [1.54, 1.807) is 6.07 Å². The van der Waals surface area contributed by atoms with Crippen LogP contribution < -0.4 is 0 Å². The van der Waals surface area contributed by atoms with Gasteiger partial charge in [-0.25, -0.2) is 0 Å². The maximum Gasteiger partial charge on any atom is 0.277 e. The number of nitrogens with one attached hydrogen (secondary N) is 1. The van der Waals surface area contributed by atoms with Gasteiger partial charge in [0.25, 0.3) is 17.3 Å². The molecule has 1 N–H and O–H groups in total. The lowest BCUT2D eigenvalue weighted by Gasteiger charge is -2.26. The molecule has 3 aromatic rings. The van der Waals surface area contributed by atoms with Gasteiger partial charge >= 0.3 is 0 Å². The number of carbonyl (C=O) groups is 1. The van der Waals surface area contributed by atoms with E-state index in [2.05, 4.69) is 4.98 Å². The van der Waals surface area contributed by atoms with Crippen LogP contribution in [0, 0.1) is 20.2 Å². The number of nitrogens with zero attached hydrogens (tertiary/aromatic N) is 3. The van der Waals surface area contributed by atoms with E-state index in [-0.39, 0.29) is 12.1 Å². The van der Waals surface area contributed by atoms with Crippen LogP contribution in [0.2, 0.25) is 5.02 Å². The topological polar surface area (TPSA) is 122 Å². The van der Waals surface area contributed by atoms with E-state index in [1.165, 1.54) is 4.90 Å². The van der Waals surface area contributed by atoms with Gasteiger partial charge in [0.05, 0.1) is 21.5 Å². The second-order valence-electron chi connectivity index (χ2n) is 6.88. The van der Waals surface area contributed by atoms with E-state index in [0.29, 0.717) is 18.0 Å². The van der Waals surface area contributed by atoms with Crippen LogP contribution in [0.3, 0.4) is 0 Å². The Balaban J connectivity index is 1.60. The van der Waals surface area contributed by atoms with E-state index >= 15 is 0 Å². The summed E-state index contributed by atoms with van der Waals surface area (Å²) in [6, 6.07) is 8.55. The first-order chi connectivity index (χ1) is 14.3. The van der Waals surface area contributed by atoms with Crippen LogP contribution in [0.5, 0.6) is 0 Å². The van der Waals surface area contributed by atoms with Crippen LogP contribution in [0.1, 0.15) is 22.3 Å². The lowest BCUT2D eigenvalue weighted by molar-refractivity contribution is -0.394. The number of non-ortho nitro benzene ring substituents is 2. The Labute approximate surface area is 174 Å². The highest BCUT2D eigenvalue weighted by Gasteiger charge is 2.25. The molecule has 1 aliphatic rings. The molecule has 0 unspecified atom stereocenters. The summed E-state index contributed by atoms with van der Waals surface area (Å²) < 4.78 is 0. The first-order valence-corrected chi connectivity index (χ1v) is 9.40. The Morgan fingerprint density at radius 1 is 1.07 bits per heavy atom. The van der Waals surface area contributed by atoms with Gasteiger partial charge in [-0.05, 0) is 30.2 Å². The molecule has 0 aliphatic carbocycles. The lowest BCUT2D eigenvalue weighted by Crippen LogP contribution is -2.34.